The first-order valence-corrected chi connectivity index (χ1v) is 4.69. The minimum absolute atomic E-state index is 0.0351. The Morgan fingerprint density at radius 3 is 2.31 bits per heavy atom. The van der Waals surface area contributed by atoms with Crippen LogP contribution in [0.5, 0.6) is 0 Å². The Labute approximate surface area is 76.7 Å². The Morgan fingerprint density at radius 2 is 1.85 bits per heavy atom. The third kappa shape index (κ3) is 3.28. The van der Waals surface area contributed by atoms with Crippen molar-refractivity contribution in [2.45, 2.75) is 51.0 Å². The molecule has 1 rings (SSSR count). The van der Waals surface area contributed by atoms with Crippen LogP contribution < -0.4 is 5.32 Å². The summed E-state index contributed by atoms with van der Waals surface area (Å²) in [4.78, 5) is 10.9. The summed E-state index contributed by atoms with van der Waals surface area (Å²) in [6, 6.07) is -0.0351. The largest absolute Gasteiger partial charge is 0.348 e. The van der Waals surface area contributed by atoms with Gasteiger partial charge in [0.15, 0.2) is 0 Å². The normalized spacial score (nSPS) is 19.9. The Morgan fingerprint density at radius 1 is 1.31 bits per heavy atom. The third-order valence-corrected chi connectivity index (χ3v) is 2.34. The standard InChI is InChI=1S/C9H15F2NO/c1-9(10,11)8(13)12-7-5-3-2-4-6-7/h7H,2-6H2,1H3,(H,12,13). The predicted octanol–water partition coefficient (Wildman–Crippen LogP) is 2.09. The summed E-state index contributed by atoms with van der Waals surface area (Å²) in [6.07, 6.45) is 4.87. The lowest BCUT2D eigenvalue weighted by atomic mass is 9.95. The number of amides is 1. The van der Waals surface area contributed by atoms with Crippen LogP contribution in [0.1, 0.15) is 39.0 Å². The molecule has 0 aromatic carbocycles. The van der Waals surface area contributed by atoms with Crippen LogP contribution in [0.2, 0.25) is 0 Å². The third-order valence-electron chi connectivity index (χ3n) is 2.34. The number of alkyl halides is 2. The van der Waals surface area contributed by atoms with E-state index >= 15 is 0 Å². The molecule has 0 saturated heterocycles. The van der Waals surface area contributed by atoms with Crippen LogP contribution in [0.3, 0.4) is 0 Å². The SMILES string of the molecule is CC(F)(F)C(=O)NC1CCCCC1. The first kappa shape index (κ1) is 10.4. The number of carbonyl (C=O) groups is 1. The molecule has 13 heavy (non-hydrogen) atoms. The molecule has 0 atom stereocenters. The molecule has 0 aromatic rings. The van der Waals surface area contributed by atoms with E-state index in [2.05, 4.69) is 5.32 Å². The lowest BCUT2D eigenvalue weighted by molar-refractivity contribution is -0.144. The van der Waals surface area contributed by atoms with Crippen LogP contribution in [0.15, 0.2) is 0 Å². The van der Waals surface area contributed by atoms with E-state index < -0.39 is 11.8 Å². The maximum atomic E-state index is 12.5. The molecule has 2 nitrogen and oxygen atoms in total. The van der Waals surface area contributed by atoms with Gasteiger partial charge in [-0.3, -0.25) is 4.79 Å². The number of rotatable bonds is 2. The fourth-order valence-electron chi connectivity index (χ4n) is 1.56. The summed E-state index contributed by atoms with van der Waals surface area (Å²) in [5, 5.41) is 2.37. The Hall–Kier alpha value is -0.670. The summed E-state index contributed by atoms with van der Waals surface area (Å²) in [5.74, 6) is -4.38. The van der Waals surface area contributed by atoms with Crippen molar-refractivity contribution in [3.05, 3.63) is 0 Å². The van der Waals surface area contributed by atoms with E-state index in [4.69, 9.17) is 0 Å². The molecule has 1 N–H and O–H groups in total. The number of nitrogens with one attached hydrogen (secondary N) is 1. The van der Waals surface area contributed by atoms with Gasteiger partial charge in [0, 0.05) is 13.0 Å². The highest BCUT2D eigenvalue weighted by Crippen LogP contribution is 2.19. The molecule has 1 amide bonds. The highest BCUT2D eigenvalue weighted by Gasteiger charge is 2.33. The fourth-order valence-corrected chi connectivity index (χ4v) is 1.56. The number of hydrogen-bond acceptors (Lipinski definition) is 1. The number of carbonyl (C=O) groups excluding carboxylic acids is 1. The Bertz CT molecular complexity index is 183. The molecule has 0 spiro atoms. The van der Waals surface area contributed by atoms with Crippen molar-refractivity contribution in [2.75, 3.05) is 0 Å². The molecule has 0 unspecified atom stereocenters. The minimum Gasteiger partial charge on any atom is -0.348 e. The molecule has 1 fully saturated rings. The lowest BCUT2D eigenvalue weighted by Gasteiger charge is -2.24. The summed E-state index contributed by atoms with van der Waals surface area (Å²) >= 11 is 0. The molecule has 0 bridgehead atoms. The van der Waals surface area contributed by atoms with Crippen LogP contribution in [0, 0.1) is 0 Å². The molecule has 4 heteroatoms. The second-order valence-electron chi connectivity index (χ2n) is 3.70. The van der Waals surface area contributed by atoms with Gasteiger partial charge in [0.1, 0.15) is 0 Å². The zero-order valence-corrected chi connectivity index (χ0v) is 7.78. The van der Waals surface area contributed by atoms with Crippen molar-refractivity contribution in [2.24, 2.45) is 0 Å². The van der Waals surface area contributed by atoms with Crippen LogP contribution >= 0.6 is 0 Å². The highest BCUT2D eigenvalue weighted by atomic mass is 19.3. The molecule has 0 heterocycles. The molecular formula is C9H15F2NO. The lowest BCUT2D eigenvalue weighted by Crippen LogP contribution is -2.44. The quantitative estimate of drug-likeness (QED) is 0.711. The number of halogens is 2. The zero-order valence-electron chi connectivity index (χ0n) is 7.78. The minimum atomic E-state index is -3.24. The highest BCUT2D eigenvalue weighted by molar-refractivity contribution is 5.83. The molecule has 1 saturated carbocycles. The Kier molecular flexibility index (Phi) is 3.22. The molecule has 76 valence electrons. The summed E-state index contributed by atoms with van der Waals surface area (Å²) < 4.78 is 24.9. The van der Waals surface area contributed by atoms with Crippen LogP contribution in [-0.4, -0.2) is 17.9 Å². The van der Waals surface area contributed by atoms with E-state index in [0.29, 0.717) is 6.92 Å². The smallest absolute Gasteiger partial charge is 0.321 e. The van der Waals surface area contributed by atoms with Crippen LogP contribution in [0.4, 0.5) is 8.78 Å². The van der Waals surface area contributed by atoms with Crippen LogP contribution in [0.25, 0.3) is 0 Å². The van der Waals surface area contributed by atoms with Gasteiger partial charge in [-0.2, -0.15) is 8.78 Å². The summed E-state index contributed by atoms with van der Waals surface area (Å²) in [7, 11) is 0. The average molecular weight is 191 g/mol. The van der Waals surface area contributed by atoms with Gasteiger partial charge in [0.05, 0.1) is 0 Å². The van der Waals surface area contributed by atoms with Gasteiger partial charge in [0.2, 0.25) is 0 Å². The van der Waals surface area contributed by atoms with Crippen LogP contribution in [-0.2, 0) is 4.79 Å². The van der Waals surface area contributed by atoms with Crippen molar-refractivity contribution in [1.82, 2.24) is 5.32 Å². The van der Waals surface area contributed by atoms with Crippen molar-refractivity contribution >= 4 is 5.91 Å². The molecule has 1 aliphatic carbocycles. The van der Waals surface area contributed by atoms with E-state index in [1.807, 2.05) is 0 Å². The Balaban J connectivity index is 2.35. The molecule has 1 aliphatic rings. The predicted molar refractivity (Wildman–Crippen MR) is 45.6 cm³/mol. The van der Waals surface area contributed by atoms with Gasteiger partial charge < -0.3 is 5.32 Å². The average Bonchev–Trinajstić information content (AvgIpc) is 2.04. The maximum absolute atomic E-state index is 12.5. The van der Waals surface area contributed by atoms with E-state index in [-0.39, 0.29) is 6.04 Å². The zero-order chi connectivity index (χ0) is 9.90. The van der Waals surface area contributed by atoms with Gasteiger partial charge in [-0.05, 0) is 12.8 Å². The van der Waals surface area contributed by atoms with Gasteiger partial charge in [-0.25, -0.2) is 0 Å². The fraction of sp³-hybridized carbons (Fsp3) is 0.889. The van der Waals surface area contributed by atoms with Crippen molar-refractivity contribution in [1.29, 1.82) is 0 Å². The van der Waals surface area contributed by atoms with Gasteiger partial charge in [-0.1, -0.05) is 19.3 Å². The molecule has 0 radical (unpaired) electrons. The molecule has 0 aromatic heterocycles. The first-order valence-electron chi connectivity index (χ1n) is 4.69. The van der Waals surface area contributed by atoms with Gasteiger partial charge in [0.25, 0.3) is 5.91 Å². The molecule has 0 aliphatic heterocycles. The van der Waals surface area contributed by atoms with Crippen molar-refractivity contribution < 1.29 is 13.6 Å². The van der Waals surface area contributed by atoms with Crippen molar-refractivity contribution in [3.63, 3.8) is 0 Å². The summed E-state index contributed by atoms with van der Waals surface area (Å²) in [6.45, 7) is 0.630. The topological polar surface area (TPSA) is 29.1 Å². The van der Waals surface area contributed by atoms with E-state index in [1.54, 1.807) is 0 Å². The molecular weight excluding hydrogens is 176 g/mol. The first-order chi connectivity index (χ1) is 6.00. The second-order valence-corrected chi connectivity index (χ2v) is 3.70. The van der Waals surface area contributed by atoms with E-state index in [1.165, 1.54) is 0 Å². The van der Waals surface area contributed by atoms with E-state index in [0.717, 1.165) is 32.1 Å². The second kappa shape index (κ2) is 4.03. The van der Waals surface area contributed by atoms with E-state index in [9.17, 15) is 13.6 Å². The van der Waals surface area contributed by atoms with Gasteiger partial charge in [-0.15, -0.1) is 0 Å². The maximum Gasteiger partial charge on any atom is 0.321 e. The van der Waals surface area contributed by atoms with Gasteiger partial charge >= 0.3 is 5.92 Å². The number of hydrogen-bond donors (Lipinski definition) is 1. The monoisotopic (exact) mass is 191 g/mol. The van der Waals surface area contributed by atoms with Crippen molar-refractivity contribution in [3.8, 4) is 0 Å². The summed E-state index contributed by atoms with van der Waals surface area (Å²) in [5.41, 5.74) is 0.